The van der Waals surface area contributed by atoms with Gasteiger partial charge >= 0.3 is 0 Å². The molecule has 1 aromatic rings. The van der Waals surface area contributed by atoms with E-state index in [9.17, 15) is 8.42 Å². The topological polar surface area (TPSA) is 84.9 Å². The molecule has 0 aliphatic carbocycles. The van der Waals surface area contributed by atoms with Crippen LogP contribution in [0, 0.1) is 0 Å². The predicted octanol–water partition coefficient (Wildman–Crippen LogP) is 1.28. The standard InChI is InChI=1S/C14H23NO5S/c1-5-20-14(2,3)10-15-21(17,18)13-7-6-11(9-16)8-12(13)19-4/h6-8,15-16H,5,9-10H2,1-4H3. The van der Waals surface area contributed by atoms with Crippen molar-refractivity contribution in [2.75, 3.05) is 20.3 Å². The van der Waals surface area contributed by atoms with Gasteiger partial charge in [0.15, 0.2) is 0 Å². The molecular weight excluding hydrogens is 294 g/mol. The first-order chi connectivity index (χ1) is 9.75. The van der Waals surface area contributed by atoms with E-state index < -0.39 is 15.6 Å². The van der Waals surface area contributed by atoms with Crippen molar-refractivity contribution in [3.05, 3.63) is 23.8 Å². The molecule has 1 rings (SSSR count). The van der Waals surface area contributed by atoms with Gasteiger partial charge < -0.3 is 14.6 Å². The van der Waals surface area contributed by atoms with Crippen molar-refractivity contribution in [2.24, 2.45) is 0 Å². The second-order valence-electron chi connectivity index (χ2n) is 5.16. The number of ether oxygens (including phenoxy) is 2. The fourth-order valence-electron chi connectivity index (χ4n) is 1.82. The van der Waals surface area contributed by atoms with Crippen molar-refractivity contribution in [3.63, 3.8) is 0 Å². The van der Waals surface area contributed by atoms with Crippen LogP contribution in [0.15, 0.2) is 23.1 Å². The molecule has 2 N–H and O–H groups in total. The van der Waals surface area contributed by atoms with E-state index in [1.165, 1.54) is 19.2 Å². The molecule has 6 nitrogen and oxygen atoms in total. The van der Waals surface area contributed by atoms with Crippen molar-refractivity contribution in [3.8, 4) is 5.75 Å². The van der Waals surface area contributed by atoms with Crippen LogP contribution in [-0.4, -0.2) is 39.4 Å². The Kier molecular flexibility index (Phi) is 6.15. The molecule has 0 bridgehead atoms. The molecule has 0 unspecified atom stereocenters. The number of hydrogen-bond acceptors (Lipinski definition) is 5. The molecule has 0 saturated heterocycles. The van der Waals surface area contributed by atoms with Gasteiger partial charge in [0, 0.05) is 13.2 Å². The smallest absolute Gasteiger partial charge is 0.244 e. The minimum Gasteiger partial charge on any atom is -0.495 e. The maximum absolute atomic E-state index is 12.4. The Bertz CT molecular complexity index is 569. The van der Waals surface area contributed by atoms with Crippen LogP contribution >= 0.6 is 0 Å². The van der Waals surface area contributed by atoms with E-state index in [4.69, 9.17) is 14.6 Å². The molecular formula is C14H23NO5S. The summed E-state index contributed by atoms with van der Waals surface area (Å²) < 4.78 is 37.8. The van der Waals surface area contributed by atoms with Crippen LogP contribution in [0.1, 0.15) is 26.3 Å². The lowest BCUT2D eigenvalue weighted by Crippen LogP contribution is -2.40. The first kappa shape index (κ1) is 17.9. The van der Waals surface area contributed by atoms with Crippen molar-refractivity contribution in [1.82, 2.24) is 4.72 Å². The molecule has 0 radical (unpaired) electrons. The summed E-state index contributed by atoms with van der Waals surface area (Å²) in [6, 6.07) is 4.47. The number of sulfonamides is 1. The van der Waals surface area contributed by atoms with Gasteiger partial charge in [-0.15, -0.1) is 0 Å². The number of aliphatic hydroxyl groups is 1. The Morgan fingerprint density at radius 2 is 2.00 bits per heavy atom. The second-order valence-corrected chi connectivity index (χ2v) is 6.90. The lowest BCUT2D eigenvalue weighted by Gasteiger charge is -2.25. The second kappa shape index (κ2) is 7.22. The predicted molar refractivity (Wildman–Crippen MR) is 79.8 cm³/mol. The van der Waals surface area contributed by atoms with Gasteiger partial charge in [-0.1, -0.05) is 6.07 Å². The number of aliphatic hydroxyl groups excluding tert-OH is 1. The van der Waals surface area contributed by atoms with Gasteiger partial charge in [0.05, 0.1) is 19.3 Å². The quantitative estimate of drug-likeness (QED) is 0.754. The van der Waals surface area contributed by atoms with Crippen LogP contribution in [0.2, 0.25) is 0 Å². The molecule has 0 fully saturated rings. The largest absolute Gasteiger partial charge is 0.495 e. The summed E-state index contributed by atoms with van der Waals surface area (Å²) in [4.78, 5) is 0.0366. The van der Waals surface area contributed by atoms with Crippen LogP contribution in [0.3, 0.4) is 0 Å². The molecule has 0 aromatic heterocycles. The van der Waals surface area contributed by atoms with Gasteiger partial charge in [-0.05, 0) is 38.5 Å². The number of nitrogens with one attached hydrogen (secondary N) is 1. The van der Waals surface area contributed by atoms with Crippen molar-refractivity contribution in [1.29, 1.82) is 0 Å². The van der Waals surface area contributed by atoms with Crippen LogP contribution in [-0.2, 0) is 21.4 Å². The molecule has 0 aliphatic heterocycles. The third-order valence-corrected chi connectivity index (χ3v) is 4.36. The fraction of sp³-hybridized carbons (Fsp3) is 0.571. The van der Waals surface area contributed by atoms with E-state index in [0.29, 0.717) is 12.2 Å². The monoisotopic (exact) mass is 317 g/mol. The van der Waals surface area contributed by atoms with Gasteiger partial charge in [0.2, 0.25) is 10.0 Å². The summed E-state index contributed by atoms with van der Waals surface area (Å²) in [5.74, 6) is 0.197. The van der Waals surface area contributed by atoms with E-state index in [-0.39, 0.29) is 23.8 Å². The van der Waals surface area contributed by atoms with Crippen molar-refractivity contribution >= 4 is 10.0 Å². The Morgan fingerprint density at radius 3 is 2.52 bits per heavy atom. The zero-order chi connectivity index (χ0) is 16.1. The van der Waals surface area contributed by atoms with E-state index in [1.807, 2.05) is 20.8 Å². The highest BCUT2D eigenvalue weighted by molar-refractivity contribution is 7.89. The highest BCUT2D eigenvalue weighted by Gasteiger charge is 2.24. The first-order valence-corrected chi connectivity index (χ1v) is 8.15. The fourth-order valence-corrected chi connectivity index (χ4v) is 3.17. The van der Waals surface area contributed by atoms with Gasteiger partial charge in [-0.25, -0.2) is 13.1 Å². The van der Waals surface area contributed by atoms with Crippen molar-refractivity contribution in [2.45, 2.75) is 37.9 Å². The summed E-state index contributed by atoms with van der Waals surface area (Å²) in [6.07, 6.45) is 0. The molecule has 0 spiro atoms. The third-order valence-electron chi connectivity index (χ3n) is 2.92. The summed E-state index contributed by atoms with van der Waals surface area (Å²) in [7, 11) is -2.33. The average molecular weight is 317 g/mol. The van der Waals surface area contributed by atoms with Gasteiger partial charge in [0.25, 0.3) is 0 Å². The van der Waals surface area contributed by atoms with E-state index in [2.05, 4.69) is 4.72 Å². The van der Waals surface area contributed by atoms with E-state index in [0.717, 1.165) is 0 Å². The molecule has 21 heavy (non-hydrogen) atoms. The van der Waals surface area contributed by atoms with Crippen LogP contribution in [0.4, 0.5) is 0 Å². The molecule has 0 saturated carbocycles. The molecule has 0 heterocycles. The number of methoxy groups -OCH3 is 1. The molecule has 120 valence electrons. The Balaban J connectivity index is 2.98. The minimum atomic E-state index is -3.72. The van der Waals surface area contributed by atoms with E-state index >= 15 is 0 Å². The lowest BCUT2D eigenvalue weighted by atomic mass is 10.1. The van der Waals surface area contributed by atoms with E-state index in [1.54, 1.807) is 6.07 Å². The summed E-state index contributed by atoms with van der Waals surface area (Å²) in [5, 5.41) is 9.08. The number of benzene rings is 1. The zero-order valence-corrected chi connectivity index (χ0v) is 13.7. The Hall–Kier alpha value is -1.15. The molecule has 0 amide bonds. The van der Waals surface area contributed by atoms with Crippen molar-refractivity contribution < 1.29 is 23.0 Å². The number of rotatable bonds is 8. The Morgan fingerprint density at radius 1 is 1.33 bits per heavy atom. The van der Waals surface area contributed by atoms with Gasteiger partial charge in [0.1, 0.15) is 10.6 Å². The summed E-state index contributed by atoms with van der Waals surface area (Å²) >= 11 is 0. The molecule has 0 atom stereocenters. The number of hydrogen-bond donors (Lipinski definition) is 2. The highest BCUT2D eigenvalue weighted by Crippen LogP contribution is 2.25. The SMILES string of the molecule is CCOC(C)(C)CNS(=O)(=O)c1ccc(CO)cc1OC. The normalized spacial score (nSPS) is 12.4. The van der Waals surface area contributed by atoms with Gasteiger partial charge in [-0.2, -0.15) is 0 Å². The highest BCUT2D eigenvalue weighted by atomic mass is 32.2. The maximum atomic E-state index is 12.4. The van der Waals surface area contributed by atoms with Crippen LogP contribution in [0.25, 0.3) is 0 Å². The zero-order valence-electron chi connectivity index (χ0n) is 12.8. The summed E-state index contributed by atoms with van der Waals surface area (Å²) in [6.45, 7) is 5.95. The first-order valence-electron chi connectivity index (χ1n) is 6.67. The average Bonchev–Trinajstić information content (AvgIpc) is 2.44. The third kappa shape index (κ3) is 4.96. The van der Waals surface area contributed by atoms with Gasteiger partial charge in [-0.3, -0.25) is 0 Å². The minimum absolute atomic E-state index is 0.0366. The lowest BCUT2D eigenvalue weighted by molar-refractivity contribution is -0.00515. The summed E-state index contributed by atoms with van der Waals surface area (Å²) in [5.41, 5.74) is -0.0134. The molecule has 1 aromatic carbocycles. The Labute approximate surface area is 126 Å². The molecule has 0 aliphatic rings. The maximum Gasteiger partial charge on any atom is 0.244 e. The molecule has 7 heteroatoms. The van der Waals surface area contributed by atoms with Crippen LogP contribution < -0.4 is 9.46 Å². The van der Waals surface area contributed by atoms with Crippen LogP contribution in [0.5, 0.6) is 5.75 Å².